The highest BCUT2D eigenvalue weighted by Crippen LogP contribution is 2.17. The molecule has 0 aliphatic rings. The van der Waals surface area contributed by atoms with Crippen LogP contribution in [0.25, 0.3) is 0 Å². The van der Waals surface area contributed by atoms with Gasteiger partial charge in [-0.25, -0.2) is 4.79 Å². The number of nitrogens with one attached hydrogen (secondary N) is 2. The molecule has 1 aromatic rings. The molecule has 3 atom stereocenters. The molecule has 0 bridgehead atoms. The van der Waals surface area contributed by atoms with E-state index in [4.69, 9.17) is 4.74 Å². The predicted molar refractivity (Wildman–Crippen MR) is 107 cm³/mol. The Morgan fingerprint density at radius 3 is 2.17 bits per heavy atom. The zero-order valence-electron chi connectivity index (χ0n) is 18.0. The summed E-state index contributed by atoms with van der Waals surface area (Å²) in [5.41, 5.74) is -0.215. The van der Waals surface area contributed by atoms with Crippen LogP contribution in [0.15, 0.2) is 24.3 Å². The minimum absolute atomic E-state index is 0.00441. The molecule has 0 radical (unpaired) electrons. The third-order valence-corrected chi connectivity index (χ3v) is 4.41. The average molecular weight is 432 g/mol. The van der Waals surface area contributed by atoms with Gasteiger partial charge in [0.2, 0.25) is 5.91 Å². The molecular weight excluding hydrogens is 401 g/mol. The maximum absolute atomic E-state index is 12.8. The molecule has 0 saturated carbocycles. The Morgan fingerprint density at radius 1 is 1.13 bits per heavy atom. The van der Waals surface area contributed by atoms with Crippen molar-refractivity contribution in [2.24, 2.45) is 5.92 Å². The van der Waals surface area contributed by atoms with Gasteiger partial charge in [-0.05, 0) is 50.8 Å². The molecule has 0 fully saturated rings. The fourth-order valence-electron chi connectivity index (χ4n) is 2.65. The summed E-state index contributed by atoms with van der Waals surface area (Å²) in [5.74, 6) is -1.64. The van der Waals surface area contributed by atoms with Gasteiger partial charge in [0.1, 0.15) is 17.4 Å². The quantitative estimate of drug-likeness (QED) is 0.521. The van der Waals surface area contributed by atoms with Gasteiger partial charge < -0.3 is 15.2 Å². The molecule has 9 heteroatoms. The van der Waals surface area contributed by atoms with Gasteiger partial charge in [0.15, 0.2) is 0 Å². The number of phenolic OH excluding ortho intramolecular Hbond substituents is 1. The summed E-state index contributed by atoms with van der Waals surface area (Å²) < 4.78 is 43.6. The molecule has 30 heavy (non-hydrogen) atoms. The summed E-state index contributed by atoms with van der Waals surface area (Å²) in [7, 11) is 0. The second-order valence-corrected chi connectivity index (χ2v) is 8.32. The number of carbonyl (C=O) groups excluding carboxylic acids is 2. The number of halogens is 3. The molecule has 0 unspecified atom stereocenters. The fourth-order valence-corrected chi connectivity index (χ4v) is 2.65. The van der Waals surface area contributed by atoms with Crippen molar-refractivity contribution in [1.82, 2.24) is 10.6 Å². The van der Waals surface area contributed by atoms with E-state index in [2.05, 4.69) is 10.6 Å². The zero-order valence-corrected chi connectivity index (χ0v) is 18.0. The van der Waals surface area contributed by atoms with Crippen LogP contribution in [0.1, 0.15) is 46.6 Å². The Hall–Kier alpha value is -2.29. The standard InChI is InChI=1S/C21H31F3N2O4/c1-6-13(2)17(19(29)30-20(3,4)5)26-18(28)16(25-12-21(22,23)24)11-14-7-9-15(27)10-8-14/h7-10,13,16-17,25,27H,6,11-12H2,1-5H3,(H,26,28)/t13-,16-,17-/m0/s1. The summed E-state index contributed by atoms with van der Waals surface area (Å²) in [6.45, 7) is 7.32. The third-order valence-electron chi connectivity index (χ3n) is 4.41. The molecule has 6 nitrogen and oxygen atoms in total. The number of benzene rings is 1. The lowest BCUT2D eigenvalue weighted by Gasteiger charge is -2.29. The van der Waals surface area contributed by atoms with Crippen molar-refractivity contribution >= 4 is 11.9 Å². The van der Waals surface area contributed by atoms with Crippen molar-refractivity contribution in [2.45, 2.75) is 71.3 Å². The maximum Gasteiger partial charge on any atom is 0.401 e. The summed E-state index contributed by atoms with van der Waals surface area (Å²) in [4.78, 5) is 25.4. The minimum atomic E-state index is -4.51. The van der Waals surface area contributed by atoms with E-state index >= 15 is 0 Å². The van der Waals surface area contributed by atoms with Gasteiger partial charge in [0.05, 0.1) is 12.6 Å². The van der Waals surface area contributed by atoms with Crippen LogP contribution in [0.5, 0.6) is 5.75 Å². The van der Waals surface area contributed by atoms with Crippen molar-refractivity contribution in [3.63, 3.8) is 0 Å². The first-order chi connectivity index (χ1) is 13.7. The van der Waals surface area contributed by atoms with Crippen molar-refractivity contribution < 1.29 is 32.6 Å². The first-order valence-corrected chi connectivity index (χ1v) is 9.83. The molecular formula is C21H31F3N2O4. The van der Waals surface area contributed by atoms with Crippen LogP contribution >= 0.6 is 0 Å². The summed E-state index contributed by atoms with van der Waals surface area (Å²) in [5, 5.41) is 14.2. The number of hydrogen-bond acceptors (Lipinski definition) is 5. The van der Waals surface area contributed by atoms with Crippen molar-refractivity contribution in [3.8, 4) is 5.75 Å². The second-order valence-electron chi connectivity index (χ2n) is 8.32. The average Bonchev–Trinajstić information content (AvgIpc) is 2.61. The van der Waals surface area contributed by atoms with Gasteiger partial charge in [-0.1, -0.05) is 32.4 Å². The van der Waals surface area contributed by atoms with E-state index in [1.54, 1.807) is 27.7 Å². The van der Waals surface area contributed by atoms with Crippen LogP contribution in [0.3, 0.4) is 0 Å². The number of phenols is 1. The Balaban J connectivity index is 3.02. The normalized spacial score (nSPS) is 15.2. The number of esters is 1. The Bertz CT molecular complexity index is 700. The van der Waals surface area contributed by atoms with E-state index in [1.165, 1.54) is 24.3 Å². The Morgan fingerprint density at radius 2 is 1.70 bits per heavy atom. The second kappa shape index (κ2) is 10.7. The van der Waals surface area contributed by atoms with Crippen LogP contribution in [0.4, 0.5) is 13.2 Å². The summed E-state index contributed by atoms with van der Waals surface area (Å²) in [6, 6.07) is 3.59. The van der Waals surface area contributed by atoms with E-state index < -0.39 is 42.3 Å². The maximum atomic E-state index is 12.8. The number of aromatic hydroxyl groups is 1. The molecule has 170 valence electrons. The highest BCUT2D eigenvalue weighted by molar-refractivity contribution is 5.88. The van der Waals surface area contributed by atoms with Gasteiger partial charge >= 0.3 is 12.1 Å². The minimum Gasteiger partial charge on any atom is -0.508 e. The van der Waals surface area contributed by atoms with E-state index in [0.29, 0.717) is 12.0 Å². The molecule has 0 aromatic heterocycles. The molecule has 0 saturated heterocycles. The van der Waals surface area contributed by atoms with Crippen molar-refractivity contribution in [3.05, 3.63) is 29.8 Å². The topological polar surface area (TPSA) is 87.7 Å². The number of hydrogen-bond donors (Lipinski definition) is 3. The molecule has 0 heterocycles. The smallest absolute Gasteiger partial charge is 0.401 e. The molecule has 1 rings (SSSR count). The van der Waals surface area contributed by atoms with Gasteiger partial charge in [-0.15, -0.1) is 0 Å². The lowest BCUT2D eigenvalue weighted by molar-refractivity contribution is -0.160. The predicted octanol–water partition coefficient (Wildman–Crippen LogP) is 3.33. The van der Waals surface area contributed by atoms with Crippen LogP contribution in [-0.4, -0.2) is 47.4 Å². The number of alkyl halides is 3. The fraction of sp³-hybridized carbons (Fsp3) is 0.619. The Kier molecular flexibility index (Phi) is 9.14. The monoisotopic (exact) mass is 432 g/mol. The molecule has 1 aromatic carbocycles. The van der Waals surface area contributed by atoms with E-state index in [1.807, 2.05) is 6.92 Å². The third kappa shape index (κ3) is 9.47. The van der Waals surface area contributed by atoms with Crippen LogP contribution in [0, 0.1) is 5.92 Å². The molecule has 0 aliphatic heterocycles. The summed E-state index contributed by atoms with van der Waals surface area (Å²) in [6.07, 6.45) is -4.00. The first kappa shape index (κ1) is 25.7. The lowest BCUT2D eigenvalue weighted by Crippen LogP contribution is -2.55. The molecule has 0 aliphatic carbocycles. The SMILES string of the molecule is CC[C@H](C)[C@H](NC(=O)[C@H](Cc1ccc(O)cc1)NCC(F)(F)F)C(=O)OC(C)(C)C. The number of amides is 1. The van der Waals surface area contributed by atoms with E-state index in [-0.39, 0.29) is 18.1 Å². The van der Waals surface area contributed by atoms with Gasteiger partial charge in [0.25, 0.3) is 0 Å². The molecule has 1 amide bonds. The largest absolute Gasteiger partial charge is 0.508 e. The van der Waals surface area contributed by atoms with Gasteiger partial charge in [-0.2, -0.15) is 13.2 Å². The highest BCUT2D eigenvalue weighted by atomic mass is 19.4. The number of carbonyl (C=O) groups is 2. The zero-order chi connectivity index (χ0) is 23.1. The molecule has 0 spiro atoms. The van der Waals surface area contributed by atoms with Crippen LogP contribution < -0.4 is 10.6 Å². The first-order valence-electron chi connectivity index (χ1n) is 9.83. The highest BCUT2D eigenvalue weighted by Gasteiger charge is 2.34. The van der Waals surface area contributed by atoms with Crippen LogP contribution in [-0.2, 0) is 20.7 Å². The van der Waals surface area contributed by atoms with Crippen molar-refractivity contribution in [2.75, 3.05) is 6.54 Å². The van der Waals surface area contributed by atoms with Crippen molar-refractivity contribution in [1.29, 1.82) is 0 Å². The van der Waals surface area contributed by atoms with Crippen LogP contribution in [0.2, 0.25) is 0 Å². The van der Waals surface area contributed by atoms with E-state index in [0.717, 1.165) is 0 Å². The lowest BCUT2D eigenvalue weighted by atomic mass is 9.97. The van der Waals surface area contributed by atoms with E-state index in [9.17, 15) is 27.9 Å². The van der Waals surface area contributed by atoms with Gasteiger partial charge in [-0.3, -0.25) is 10.1 Å². The Labute approximate surface area is 175 Å². The van der Waals surface area contributed by atoms with Gasteiger partial charge in [0, 0.05) is 0 Å². The number of ether oxygens (including phenoxy) is 1. The molecule has 3 N–H and O–H groups in total. The number of rotatable bonds is 9. The summed E-state index contributed by atoms with van der Waals surface area (Å²) >= 11 is 0.